The number of urea groups is 1. The van der Waals surface area contributed by atoms with E-state index in [4.69, 9.17) is 4.74 Å². The van der Waals surface area contributed by atoms with E-state index in [1.807, 2.05) is 24.3 Å². The van der Waals surface area contributed by atoms with Crippen molar-refractivity contribution in [2.24, 2.45) is 0 Å². The van der Waals surface area contributed by atoms with E-state index in [0.29, 0.717) is 19.4 Å². The summed E-state index contributed by atoms with van der Waals surface area (Å²) in [5.41, 5.74) is 0.977. The van der Waals surface area contributed by atoms with Gasteiger partial charge in [-0.25, -0.2) is 13.2 Å². The lowest BCUT2D eigenvalue weighted by Gasteiger charge is -2.12. The summed E-state index contributed by atoms with van der Waals surface area (Å²) in [6.07, 6.45) is 1.02. The molecule has 1 aromatic carbocycles. The van der Waals surface area contributed by atoms with E-state index in [0.717, 1.165) is 11.3 Å². The van der Waals surface area contributed by atoms with Crippen molar-refractivity contribution < 1.29 is 22.7 Å². The minimum Gasteiger partial charge on any atom is -0.496 e. The molecule has 0 saturated carbocycles. The Labute approximate surface area is 147 Å². The second-order valence-electron chi connectivity index (χ2n) is 5.84. The zero-order chi connectivity index (χ0) is 18.3. The molecular weight excluding hydrogens is 346 g/mol. The smallest absolute Gasteiger partial charge is 0.315 e. The van der Waals surface area contributed by atoms with E-state index >= 15 is 0 Å². The first-order valence-corrected chi connectivity index (χ1v) is 9.85. The van der Waals surface area contributed by atoms with Crippen LogP contribution in [0.4, 0.5) is 4.79 Å². The largest absolute Gasteiger partial charge is 0.496 e. The summed E-state index contributed by atoms with van der Waals surface area (Å²) in [6.45, 7) is 0.200. The maximum absolute atomic E-state index is 11.7. The monoisotopic (exact) mass is 369 g/mol. The van der Waals surface area contributed by atoms with Gasteiger partial charge in [0.05, 0.1) is 25.2 Å². The van der Waals surface area contributed by atoms with Crippen LogP contribution in [0.1, 0.15) is 12.0 Å². The first-order chi connectivity index (χ1) is 11.9. The Morgan fingerprint density at radius 1 is 1.24 bits per heavy atom. The van der Waals surface area contributed by atoms with Crippen LogP contribution in [-0.4, -0.2) is 58.1 Å². The number of methoxy groups -OCH3 is 1. The van der Waals surface area contributed by atoms with Gasteiger partial charge in [0.15, 0.2) is 9.84 Å². The molecule has 1 fully saturated rings. The summed E-state index contributed by atoms with van der Waals surface area (Å²) in [6, 6.07) is 6.71. The lowest BCUT2D eigenvalue weighted by atomic mass is 10.1. The average molecular weight is 369 g/mol. The molecule has 8 nitrogen and oxygen atoms in total. The molecule has 0 spiro atoms. The summed E-state index contributed by atoms with van der Waals surface area (Å²) in [4.78, 5) is 23.4. The third kappa shape index (κ3) is 6.26. The average Bonchev–Trinajstić information content (AvgIpc) is 2.92. The Morgan fingerprint density at radius 3 is 2.68 bits per heavy atom. The van der Waals surface area contributed by atoms with Crippen LogP contribution in [0.3, 0.4) is 0 Å². The fourth-order valence-corrected chi connectivity index (χ4v) is 4.30. The van der Waals surface area contributed by atoms with Crippen LogP contribution >= 0.6 is 0 Å². The minimum absolute atomic E-state index is 0.0379. The fraction of sp³-hybridized carbons (Fsp3) is 0.500. The third-order valence-electron chi connectivity index (χ3n) is 3.88. The number of ether oxygens (including phenoxy) is 1. The van der Waals surface area contributed by atoms with E-state index in [1.165, 1.54) is 0 Å². The number of hydrogen-bond donors (Lipinski definition) is 3. The molecular formula is C16H23N3O5S. The molecule has 138 valence electrons. The summed E-state index contributed by atoms with van der Waals surface area (Å²) in [5.74, 6) is 0.413. The number of rotatable bonds is 7. The van der Waals surface area contributed by atoms with Gasteiger partial charge in [-0.05, 0) is 24.5 Å². The van der Waals surface area contributed by atoms with Crippen molar-refractivity contribution in [2.45, 2.75) is 18.9 Å². The molecule has 1 aromatic rings. The molecule has 1 aliphatic heterocycles. The Morgan fingerprint density at radius 2 is 2.00 bits per heavy atom. The molecule has 3 N–H and O–H groups in total. The third-order valence-corrected chi connectivity index (χ3v) is 5.65. The second kappa shape index (κ2) is 8.70. The van der Waals surface area contributed by atoms with Gasteiger partial charge < -0.3 is 20.7 Å². The molecule has 0 aliphatic carbocycles. The Hall–Kier alpha value is -2.29. The van der Waals surface area contributed by atoms with Gasteiger partial charge in [-0.1, -0.05) is 18.2 Å². The van der Waals surface area contributed by atoms with Gasteiger partial charge in [0, 0.05) is 12.6 Å². The molecule has 1 heterocycles. The molecule has 3 amide bonds. The molecule has 9 heteroatoms. The number of sulfone groups is 1. The minimum atomic E-state index is -3.04. The van der Waals surface area contributed by atoms with Crippen LogP contribution < -0.4 is 20.7 Å². The SMILES string of the molecule is COc1ccccc1CCNC(=O)NCC(=O)NC1CCS(=O)(=O)C1. The van der Waals surface area contributed by atoms with Gasteiger partial charge >= 0.3 is 6.03 Å². The molecule has 0 radical (unpaired) electrons. The highest BCUT2D eigenvalue weighted by Gasteiger charge is 2.28. The molecule has 0 aromatic heterocycles. The quantitative estimate of drug-likeness (QED) is 0.618. The predicted molar refractivity (Wildman–Crippen MR) is 93.3 cm³/mol. The summed E-state index contributed by atoms with van der Waals surface area (Å²) in [5, 5.41) is 7.72. The molecule has 1 unspecified atom stereocenters. The molecule has 1 aliphatic rings. The van der Waals surface area contributed by atoms with Gasteiger partial charge in [-0.3, -0.25) is 4.79 Å². The standard InChI is InChI=1S/C16H23N3O5S/c1-24-14-5-3-2-4-12(14)6-8-17-16(21)18-10-15(20)19-13-7-9-25(22,23)11-13/h2-5,13H,6-11H2,1H3,(H,19,20)(H2,17,18,21). The number of amides is 3. The van der Waals surface area contributed by atoms with Crippen molar-refractivity contribution in [3.05, 3.63) is 29.8 Å². The second-order valence-corrected chi connectivity index (χ2v) is 8.07. The lowest BCUT2D eigenvalue weighted by Crippen LogP contribution is -2.45. The summed E-state index contributed by atoms with van der Waals surface area (Å²) >= 11 is 0. The van der Waals surface area contributed by atoms with Crippen LogP contribution in [0.5, 0.6) is 5.75 Å². The van der Waals surface area contributed by atoms with E-state index in [-0.39, 0.29) is 24.1 Å². The molecule has 2 rings (SSSR count). The van der Waals surface area contributed by atoms with Crippen LogP contribution in [0.15, 0.2) is 24.3 Å². The van der Waals surface area contributed by atoms with E-state index in [1.54, 1.807) is 7.11 Å². The number of benzene rings is 1. The number of hydrogen-bond acceptors (Lipinski definition) is 5. The zero-order valence-corrected chi connectivity index (χ0v) is 14.9. The highest BCUT2D eigenvalue weighted by molar-refractivity contribution is 7.91. The van der Waals surface area contributed by atoms with E-state index in [9.17, 15) is 18.0 Å². The Kier molecular flexibility index (Phi) is 6.63. The van der Waals surface area contributed by atoms with Gasteiger partial charge in [0.2, 0.25) is 5.91 Å². The molecule has 25 heavy (non-hydrogen) atoms. The van der Waals surface area contributed by atoms with Gasteiger partial charge in [0.1, 0.15) is 5.75 Å². The number of carbonyl (C=O) groups excluding carboxylic acids is 2. The summed E-state index contributed by atoms with van der Waals surface area (Å²) in [7, 11) is -1.45. The number of carbonyl (C=O) groups is 2. The predicted octanol–water partition coefficient (Wildman–Crippen LogP) is -0.160. The Bertz CT molecular complexity index is 720. The Balaban J connectivity index is 1.64. The lowest BCUT2D eigenvalue weighted by molar-refractivity contribution is -0.120. The van der Waals surface area contributed by atoms with Crippen LogP contribution in [-0.2, 0) is 21.1 Å². The van der Waals surface area contributed by atoms with Crippen molar-refractivity contribution in [3.8, 4) is 5.75 Å². The fourth-order valence-electron chi connectivity index (χ4n) is 2.63. The highest BCUT2D eigenvalue weighted by atomic mass is 32.2. The van der Waals surface area contributed by atoms with Crippen LogP contribution in [0.2, 0.25) is 0 Å². The summed E-state index contributed by atoms with van der Waals surface area (Å²) < 4.78 is 27.9. The van der Waals surface area contributed by atoms with E-state index in [2.05, 4.69) is 16.0 Å². The zero-order valence-electron chi connectivity index (χ0n) is 14.1. The van der Waals surface area contributed by atoms with Gasteiger partial charge in [0.25, 0.3) is 0 Å². The van der Waals surface area contributed by atoms with E-state index < -0.39 is 21.8 Å². The van der Waals surface area contributed by atoms with Gasteiger partial charge in [-0.2, -0.15) is 0 Å². The van der Waals surface area contributed by atoms with Crippen LogP contribution in [0.25, 0.3) is 0 Å². The van der Waals surface area contributed by atoms with Crippen molar-refractivity contribution in [2.75, 3.05) is 31.7 Å². The van der Waals surface area contributed by atoms with Crippen molar-refractivity contribution >= 4 is 21.8 Å². The van der Waals surface area contributed by atoms with Crippen molar-refractivity contribution in [3.63, 3.8) is 0 Å². The highest BCUT2D eigenvalue weighted by Crippen LogP contribution is 2.17. The number of para-hydroxylation sites is 1. The first kappa shape index (κ1) is 19.0. The van der Waals surface area contributed by atoms with Crippen molar-refractivity contribution in [1.29, 1.82) is 0 Å². The van der Waals surface area contributed by atoms with Gasteiger partial charge in [-0.15, -0.1) is 0 Å². The topological polar surface area (TPSA) is 114 Å². The maximum Gasteiger partial charge on any atom is 0.315 e. The molecule has 0 bridgehead atoms. The number of nitrogens with one attached hydrogen (secondary N) is 3. The van der Waals surface area contributed by atoms with Crippen LogP contribution in [0, 0.1) is 0 Å². The molecule has 1 atom stereocenters. The maximum atomic E-state index is 11.7. The first-order valence-electron chi connectivity index (χ1n) is 8.03. The molecule has 1 saturated heterocycles. The normalized spacial score (nSPS) is 18.4. The van der Waals surface area contributed by atoms with Crippen molar-refractivity contribution in [1.82, 2.24) is 16.0 Å².